The molecule has 0 bridgehead atoms. The number of nitrogens with zero attached hydrogens (tertiary/aromatic N) is 2. The number of urea groups is 1. The molecule has 1 aliphatic carbocycles. The number of rotatable bonds is 39. The molecule has 0 radical (unpaired) electrons. The van der Waals surface area contributed by atoms with Crippen molar-refractivity contribution < 1.29 is 115 Å². The van der Waals surface area contributed by atoms with Crippen molar-refractivity contribution >= 4 is 93.3 Å². The van der Waals surface area contributed by atoms with Crippen LogP contribution in [-0.2, 0) is 84.7 Å². The third kappa shape index (κ3) is 23.1. The van der Waals surface area contributed by atoms with Crippen molar-refractivity contribution in [2.75, 3.05) is 63.3 Å². The number of hydrogen-bond acceptors (Lipinski definition) is 19. The topological polar surface area (TPSA) is 465 Å². The fraction of sp³-hybridized carbons (Fsp3) is 0.484. The minimum atomic E-state index is -4.86. The smallest absolute Gasteiger partial charge is 0.326 e. The Morgan fingerprint density at radius 3 is 1.92 bits per heavy atom. The highest BCUT2D eigenvalue weighted by Crippen LogP contribution is 2.49. The minimum absolute atomic E-state index is 0.0490. The van der Waals surface area contributed by atoms with Gasteiger partial charge in [0.25, 0.3) is 30.4 Å². The van der Waals surface area contributed by atoms with E-state index < -0.39 is 117 Å². The van der Waals surface area contributed by atoms with Crippen LogP contribution in [0.25, 0.3) is 0 Å². The number of fused-ring (bicyclic) bond motifs is 2. The van der Waals surface area contributed by atoms with Gasteiger partial charge in [0.05, 0.1) is 45.7 Å². The first-order chi connectivity index (χ1) is 45.9. The molecule has 0 unspecified atom stereocenters. The number of amides is 4. The van der Waals surface area contributed by atoms with Crippen LogP contribution in [0.5, 0.6) is 5.75 Å². The molecule has 0 saturated carbocycles. The quantitative estimate of drug-likeness (QED) is 0.0181. The maximum absolute atomic E-state index is 12.9. The number of carbonyl (C=O) groups excluding carboxylic acids is 3. The maximum atomic E-state index is 12.9. The van der Waals surface area contributed by atoms with E-state index in [1.165, 1.54) is 48.5 Å². The fourth-order valence-electron chi connectivity index (χ4n) is 11.5. The molecule has 3 aromatic carbocycles. The van der Waals surface area contributed by atoms with E-state index in [9.17, 15) is 90.9 Å². The van der Waals surface area contributed by atoms with Crippen molar-refractivity contribution in [2.24, 2.45) is 0 Å². The lowest BCUT2D eigenvalue weighted by Gasteiger charge is -2.27. The summed E-state index contributed by atoms with van der Waals surface area (Å²) in [7, 11) is -18.3. The molecule has 30 nitrogen and oxygen atoms in total. The van der Waals surface area contributed by atoms with Gasteiger partial charge in [0.1, 0.15) is 46.9 Å². The molecular formula is C64H84N6O24S4. The summed E-state index contributed by atoms with van der Waals surface area (Å²) in [6.45, 7) is 8.57. The second-order valence-electron chi connectivity index (χ2n) is 24.6. The summed E-state index contributed by atoms with van der Waals surface area (Å²) in [4.78, 5) is 71.9. The SMILES string of the molecule is CC1(C)C(/C=C/C2=C(Oc3ccc(S(=O)(=O)O)cc3)C(=C/C=C3/N(CCCCS(=O)(=O)O)c4ccc(S(=O)(=O)O)cc4C3(C)C)/CCC2)=[N+](CCCCCC(=O)NCCOCCOCC(=O)NCCCC[C@H](NC(=O)N[C@@H](CCC(=O)O)C(=O)O)C(=O)O)c2ccc(S(=O)(=O)[O-])cc21. The largest absolute Gasteiger partial charge is 0.744 e. The second kappa shape index (κ2) is 34.7. The van der Waals surface area contributed by atoms with Crippen molar-refractivity contribution in [3.8, 4) is 5.75 Å². The summed E-state index contributed by atoms with van der Waals surface area (Å²) >= 11 is 0. The predicted molar refractivity (Wildman–Crippen MR) is 354 cm³/mol. The predicted octanol–water partition coefficient (Wildman–Crippen LogP) is 5.88. The molecule has 0 saturated heterocycles. The van der Waals surface area contributed by atoms with Gasteiger partial charge in [0, 0.05) is 73.4 Å². The number of carbonyl (C=O) groups is 6. The highest BCUT2D eigenvalue weighted by atomic mass is 32.2. The summed E-state index contributed by atoms with van der Waals surface area (Å²) < 4.78 is 158. The Kier molecular flexibility index (Phi) is 28.0. The Bertz CT molecular complexity index is 4090. The average molecular weight is 1450 g/mol. The van der Waals surface area contributed by atoms with Crippen molar-refractivity contribution in [3.63, 3.8) is 0 Å². The number of carboxylic acid groups (broad SMARTS) is 3. The Balaban J connectivity index is 1.08. The van der Waals surface area contributed by atoms with Gasteiger partial charge in [-0.15, -0.1) is 0 Å². The third-order valence-corrected chi connectivity index (χ3v) is 20.0. The van der Waals surface area contributed by atoms with Crippen LogP contribution in [-0.4, -0.2) is 184 Å². The number of nitrogens with one attached hydrogen (secondary N) is 4. The van der Waals surface area contributed by atoms with E-state index in [4.69, 9.17) is 19.3 Å². The molecule has 34 heteroatoms. The normalized spacial score (nSPS) is 16.8. The summed E-state index contributed by atoms with van der Waals surface area (Å²) in [5.41, 5.74) is 3.40. The van der Waals surface area contributed by atoms with Crippen LogP contribution in [0.4, 0.5) is 16.2 Å². The van der Waals surface area contributed by atoms with Gasteiger partial charge in [0.2, 0.25) is 17.5 Å². The molecule has 2 atom stereocenters. The Morgan fingerprint density at radius 2 is 1.28 bits per heavy atom. The van der Waals surface area contributed by atoms with Crippen molar-refractivity contribution in [3.05, 3.63) is 119 Å². The zero-order valence-corrected chi connectivity index (χ0v) is 57.8. The summed E-state index contributed by atoms with van der Waals surface area (Å²) in [6.07, 6.45) is 10.9. The number of hydrogen-bond donors (Lipinski definition) is 10. The Hall–Kier alpha value is -7.93. The molecule has 4 amide bonds. The zero-order chi connectivity index (χ0) is 72.4. The number of carboxylic acids is 3. The van der Waals surface area contributed by atoms with Crippen LogP contribution in [0.15, 0.2) is 122 Å². The number of ether oxygens (including phenoxy) is 3. The lowest BCUT2D eigenvalue weighted by atomic mass is 9.81. The first kappa shape index (κ1) is 79.1. The van der Waals surface area contributed by atoms with E-state index >= 15 is 0 Å². The molecule has 0 aromatic heterocycles. The maximum Gasteiger partial charge on any atom is 0.326 e. The van der Waals surface area contributed by atoms with Gasteiger partial charge in [-0.25, -0.2) is 22.8 Å². The molecule has 0 fully saturated rings. The third-order valence-electron chi connectivity index (χ3n) is 16.6. The molecular weight excluding hydrogens is 1360 g/mol. The summed E-state index contributed by atoms with van der Waals surface area (Å²) in [5.74, 6) is -4.68. The van der Waals surface area contributed by atoms with Gasteiger partial charge in [-0.3, -0.25) is 28.0 Å². The van der Waals surface area contributed by atoms with Crippen LogP contribution in [0, 0.1) is 0 Å². The van der Waals surface area contributed by atoms with Crippen LogP contribution in [0.3, 0.4) is 0 Å². The second-order valence-corrected chi connectivity index (χ2v) is 30.4. The van der Waals surface area contributed by atoms with Gasteiger partial charge in [-0.2, -0.15) is 29.8 Å². The molecule has 6 rings (SSSR count). The highest BCUT2D eigenvalue weighted by molar-refractivity contribution is 7.86. The van der Waals surface area contributed by atoms with E-state index in [0.717, 1.165) is 5.71 Å². The summed E-state index contributed by atoms with van der Waals surface area (Å²) in [6, 6.07) is 9.56. The van der Waals surface area contributed by atoms with Crippen molar-refractivity contribution in [1.29, 1.82) is 0 Å². The van der Waals surface area contributed by atoms with Crippen LogP contribution in [0.2, 0.25) is 0 Å². The monoisotopic (exact) mass is 1450 g/mol. The molecule has 10 N–H and O–H groups in total. The van der Waals surface area contributed by atoms with E-state index in [1.54, 1.807) is 12.1 Å². The van der Waals surface area contributed by atoms with Crippen molar-refractivity contribution in [1.82, 2.24) is 21.3 Å². The van der Waals surface area contributed by atoms with Crippen LogP contribution >= 0.6 is 0 Å². The lowest BCUT2D eigenvalue weighted by molar-refractivity contribution is -0.438. The highest BCUT2D eigenvalue weighted by Gasteiger charge is 2.45. The van der Waals surface area contributed by atoms with E-state index in [2.05, 4.69) is 16.0 Å². The molecule has 0 spiro atoms. The Morgan fingerprint density at radius 1 is 0.643 bits per heavy atom. The minimum Gasteiger partial charge on any atom is -0.744 e. The molecule has 3 aliphatic rings. The Labute approximate surface area is 569 Å². The molecule has 2 heterocycles. The van der Waals surface area contributed by atoms with Gasteiger partial charge in [-0.05, 0) is 168 Å². The standard InChI is InChI=1S/C64H84N6O24S4/c1-63(2)48-39-46(97(86,87)88)23-26-52(48)69(33-9-5-6-16-56(71)66-32-35-92-36-37-93-41-57(72)65-31-8-7-15-50(60(75)76)67-62(79)68-51(61(77)78)25-30-58(73)74)54(63)28-17-42-13-12-14-43(59(42)94-44-19-21-45(22-20-44)96(83,84)85)18-29-55-64(3,4)49-40-47(98(89,90)91)24-27-53(49)70(55)34-10-11-38-95(80,81)82/h17-24,26-29,39-40,50-51H,5-16,25,30-38,41H2,1-4H3,(H10-,65,66,67,68,71,72,73,74,75,76,77,78,79,80,81,82,83,84,85,86,87,88,89,90,91)/t50-,51-/m0/s1. The van der Waals surface area contributed by atoms with Crippen LogP contribution < -0.4 is 30.9 Å². The first-order valence-electron chi connectivity index (χ1n) is 31.5. The van der Waals surface area contributed by atoms with Gasteiger partial charge >= 0.3 is 23.9 Å². The van der Waals surface area contributed by atoms with E-state index in [-0.39, 0.29) is 93.2 Å². The van der Waals surface area contributed by atoms with E-state index in [0.29, 0.717) is 103 Å². The first-order valence-corrected chi connectivity index (χ1v) is 37.4. The van der Waals surface area contributed by atoms with Crippen molar-refractivity contribution in [2.45, 2.75) is 155 Å². The molecule has 3 aromatic rings. The van der Waals surface area contributed by atoms with E-state index in [1.807, 2.05) is 66.8 Å². The van der Waals surface area contributed by atoms with Gasteiger partial charge in [0.15, 0.2) is 5.71 Å². The van der Waals surface area contributed by atoms with Crippen LogP contribution in [0.1, 0.15) is 129 Å². The van der Waals surface area contributed by atoms with Gasteiger partial charge in [-0.1, -0.05) is 19.9 Å². The number of benzene rings is 3. The van der Waals surface area contributed by atoms with Gasteiger partial charge < -0.3 is 60.2 Å². The number of aliphatic carboxylic acids is 3. The average Bonchev–Trinajstić information content (AvgIpc) is 1.59. The lowest BCUT2D eigenvalue weighted by Crippen LogP contribution is -2.51. The summed E-state index contributed by atoms with van der Waals surface area (Å²) in [5, 5.41) is 37.1. The number of anilines is 1. The fourth-order valence-corrected chi connectivity index (χ4v) is 13.6. The molecule has 98 heavy (non-hydrogen) atoms. The number of allylic oxidation sites excluding steroid dienone is 7. The molecule has 2 aliphatic heterocycles. The number of unbranched alkanes of at least 4 members (excludes halogenated alkanes) is 4. The molecule has 538 valence electrons. The zero-order valence-electron chi connectivity index (χ0n) is 54.6.